The van der Waals surface area contributed by atoms with Crippen molar-refractivity contribution in [3.63, 3.8) is 0 Å². The predicted molar refractivity (Wildman–Crippen MR) is 102 cm³/mol. The topological polar surface area (TPSA) is 78.4 Å². The Labute approximate surface area is 156 Å². The lowest BCUT2D eigenvalue weighted by molar-refractivity contribution is 0.0557. The highest BCUT2D eigenvalue weighted by atomic mass is 35.5. The summed E-state index contributed by atoms with van der Waals surface area (Å²) in [6.07, 6.45) is 2.20. The molecule has 6 nitrogen and oxygen atoms in total. The molecule has 1 amide bonds. The Bertz CT molecular complexity index is 802. The first-order valence-corrected chi connectivity index (χ1v) is 9.53. The number of nitrogens with one attached hydrogen (secondary N) is 1. The van der Waals surface area contributed by atoms with Gasteiger partial charge >= 0.3 is 6.09 Å². The summed E-state index contributed by atoms with van der Waals surface area (Å²) in [5.74, 6) is 0.784. The summed E-state index contributed by atoms with van der Waals surface area (Å²) in [6.45, 7) is 8.75. The minimum absolute atomic E-state index is 0.0410. The molecule has 2 aromatic heterocycles. The second kappa shape index (κ2) is 6.61. The van der Waals surface area contributed by atoms with Crippen LogP contribution in [0.1, 0.15) is 39.2 Å². The molecule has 2 unspecified atom stereocenters. The number of aromatic nitrogens is 2. The third kappa shape index (κ3) is 3.53. The normalized spacial score (nSPS) is 21.6. The first-order chi connectivity index (χ1) is 11.7. The van der Waals surface area contributed by atoms with Gasteiger partial charge in [-0.25, -0.2) is 14.8 Å². The van der Waals surface area contributed by atoms with Crippen LogP contribution in [-0.2, 0) is 0 Å². The van der Waals surface area contributed by atoms with E-state index in [0.29, 0.717) is 6.54 Å². The number of carbonyl (C=O) groups is 1. The fourth-order valence-electron chi connectivity index (χ4n) is 3.49. The molecule has 0 spiro atoms. The molecule has 136 valence electrons. The first-order valence-electron chi connectivity index (χ1n) is 8.34. The molecule has 0 radical (unpaired) electrons. The lowest BCUT2D eigenvalue weighted by Crippen LogP contribution is -2.54. The zero-order valence-electron chi connectivity index (χ0n) is 14.8. The van der Waals surface area contributed by atoms with Gasteiger partial charge in [-0.1, -0.05) is 32.4 Å². The number of nitrogens with zero attached hydrogens (tertiary/aromatic N) is 3. The van der Waals surface area contributed by atoms with Crippen molar-refractivity contribution in [2.24, 2.45) is 5.41 Å². The molecule has 1 aliphatic heterocycles. The smallest absolute Gasteiger partial charge is 0.407 e. The minimum Gasteiger partial charge on any atom is -0.465 e. The van der Waals surface area contributed by atoms with Gasteiger partial charge in [0.2, 0.25) is 0 Å². The van der Waals surface area contributed by atoms with Crippen molar-refractivity contribution in [3.8, 4) is 0 Å². The highest BCUT2D eigenvalue weighted by Gasteiger charge is 2.38. The fraction of sp³-hybridized carbons (Fsp3) is 0.588. The number of carboxylic acid groups (broad SMARTS) is 1. The highest BCUT2D eigenvalue weighted by molar-refractivity contribution is 7.22. The van der Waals surface area contributed by atoms with Crippen molar-refractivity contribution in [3.05, 3.63) is 16.2 Å². The number of amides is 1. The molecule has 1 saturated heterocycles. The van der Waals surface area contributed by atoms with Crippen molar-refractivity contribution >= 4 is 45.1 Å². The molecule has 3 heterocycles. The van der Waals surface area contributed by atoms with Crippen LogP contribution in [0.2, 0.25) is 4.34 Å². The number of aryl methyl sites for hydroxylation is 1. The Morgan fingerprint density at radius 1 is 1.44 bits per heavy atom. The van der Waals surface area contributed by atoms with Crippen LogP contribution in [-0.4, -0.2) is 44.7 Å². The van der Waals surface area contributed by atoms with Crippen molar-refractivity contribution < 1.29 is 9.90 Å². The molecule has 25 heavy (non-hydrogen) atoms. The number of thiophene rings is 1. The third-order valence-corrected chi connectivity index (χ3v) is 6.36. The summed E-state index contributed by atoms with van der Waals surface area (Å²) in [6, 6.07) is 0.122. The molecule has 8 heteroatoms. The molecule has 0 saturated carbocycles. The number of likely N-dealkylation sites (tertiary alicyclic amines) is 1. The number of hydrogen-bond donors (Lipinski definition) is 2. The lowest BCUT2D eigenvalue weighted by Gasteiger charge is -2.44. The minimum atomic E-state index is -0.844. The third-order valence-electron chi connectivity index (χ3n) is 4.86. The van der Waals surface area contributed by atoms with Gasteiger partial charge in [0, 0.05) is 18.6 Å². The number of anilines is 1. The second-order valence-corrected chi connectivity index (χ2v) is 9.23. The summed E-state index contributed by atoms with van der Waals surface area (Å²) in [5, 5.41) is 14.0. The Kier molecular flexibility index (Phi) is 4.81. The Morgan fingerprint density at radius 2 is 2.16 bits per heavy atom. The summed E-state index contributed by atoms with van der Waals surface area (Å²) in [7, 11) is 0. The second-order valence-electron chi connectivity index (χ2n) is 7.63. The largest absolute Gasteiger partial charge is 0.465 e. The van der Waals surface area contributed by atoms with Gasteiger partial charge in [-0.15, -0.1) is 11.3 Å². The average molecular weight is 383 g/mol. The molecular weight excluding hydrogens is 360 g/mol. The average Bonchev–Trinajstić information content (AvgIpc) is 2.82. The number of rotatable bonds is 2. The van der Waals surface area contributed by atoms with Crippen molar-refractivity contribution in [1.82, 2.24) is 14.9 Å². The van der Waals surface area contributed by atoms with Gasteiger partial charge in [-0.05, 0) is 30.7 Å². The number of piperidine rings is 1. The standard InChI is InChI=1S/C17H23ClN4O2S/c1-9-12-14(19-8-20-15(12)25-13(9)18)21-10-5-6-22(16(23)24)11(7-10)17(2,3)4/h8,10-11H,5-7H2,1-4H3,(H,23,24)(H,19,20,21). The molecule has 0 bridgehead atoms. The number of halogens is 1. The van der Waals surface area contributed by atoms with Crippen LogP contribution < -0.4 is 5.32 Å². The maximum Gasteiger partial charge on any atom is 0.407 e. The first kappa shape index (κ1) is 18.2. The van der Waals surface area contributed by atoms with Crippen LogP contribution in [0.25, 0.3) is 10.2 Å². The molecule has 2 atom stereocenters. The van der Waals surface area contributed by atoms with E-state index >= 15 is 0 Å². The van der Waals surface area contributed by atoms with E-state index in [1.165, 1.54) is 11.3 Å². The maximum absolute atomic E-state index is 11.6. The van der Waals surface area contributed by atoms with E-state index in [1.807, 2.05) is 6.92 Å². The van der Waals surface area contributed by atoms with Crippen LogP contribution in [0.5, 0.6) is 0 Å². The zero-order chi connectivity index (χ0) is 18.4. The van der Waals surface area contributed by atoms with Crippen LogP contribution in [0, 0.1) is 12.3 Å². The van der Waals surface area contributed by atoms with Gasteiger partial charge in [0.25, 0.3) is 0 Å². The monoisotopic (exact) mass is 382 g/mol. The number of hydrogen-bond acceptors (Lipinski definition) is 5. The SMILES string of the molecule is Cc1c(Cl)sc2ncnc(NC3CCN(C(=O)O)C(C(C)(C)C)C3)c12. The van der Waals surface area contributed by atoms with Crippen LogP contribution >= 0.6 is 22.9 Å². The molecule has 0 aromatic carbocycles. The van der Waals surface area contributed by atoms with Crippen molar-refractivity contribution in [2.45, 2.75) is 52.6 Å². The molecule has 1 aliphatic rings. The van der Waals surface area contributed by atoms with Gasteiger partial charge in [0.1, 0.15) is 17.0 Å². The van der Waals surface area contributed by atoms with E-state index in [1.54, 1.807) is 11.2 Å². The van der Waals surface area contributed by atoms with Crippen molar-refractivity contribution in [2.75, 3.05) is 11.9 Å². The van der Waals surface area contributed by atoms with Gasteiger partial charge in [-0.3, -0.25) is 0 Å². The summed E-state index contributed by atoms with van der Waals surface area (Å²) >= 11 is 7.71. The summed E-state index contributed by atoms with van der Waals surface area (Å²) in [5.41, 5.74) is 0.863. The fourth-order valence-corrected chi connectivity index (χ4v) is 4.68. The van der Waals surface area contributed by atoms with Gasteiger partial charge in [0.15, 0.2) is 0 Å². The van der Waals surface area contributed by atoms with Crippen LogP contribution in [0.4, 0.5) is 10.6 Å². The zero-order valence-corrected chi connectivity index (χ0v) is 16.4. The Morgan fingerprint density at radius 3 is 2.80 bits per heavy atom. The molecule has 3 rings (SSSR count). The molecule has 2 N–H and O–H groups in total. The summed E-state index contributed by atoms with van der Waals surface area (Å²) in [4.78, 5) is 22.7. The molecule has 2 aromatic rings. The highest BCUT2D eigenvalue weighted by Crippen LogP contribution is 2.38. The Hall–Kier alpha value is -1.60. The van der Waals surface area contributed by atoms with E-state index < -0.39 is 6.09 Å². The molecular formula is C17H23ClN4O2S. The maximum atomic E-state index is 11.6. The van der Waals surface area contributed by atoms with E-state index in [4.69, 9.17) is 11.6 Å². The van der Waals surface area contributed by atoms with Crippen molar-refractivity contribution in [1.29, 1.82) is 0 Å². The van der Waals surface area contributed by atoms with E-state index in [-0.39, 0.29) is 17.5 Å². The predicted octanol–water partition coefficient (Wildman–Crippen LogP) is 4.62. The van der Waals surface area contributed by atoms with E-state index in [2.05, 4.69) is 36.1 Å². The quantitative estimate of drug-likeness (QED) is 0.792. The lowest BCUT2D eigenvalue weighted by atomic mass is 9.79. The van der Waals surface area contributed by atoms with Gasteiger partial charge in [0.05, 0.1) is 9.72 Å². The van der Waals surface area contributed by atoms with E-state index in [0.717, 1.165) is 38.8 Å². The Balaban J connectivity index is 1.86. The van der Waals surface area contributed by atoms with Gasteiger partial charge < -0.3 is 15.3 Å². The number of fused-ring (bicyclic) bond motifs is 1. The van der Waals surface area contributed by atoms with E-state index in [9.17, 15) is 9.90 Å². The molecule has 1 fully saturated rings. The van der Waals surface area contributed by atoms with Crippen LogP contribution in [0.15, 0.2) is 6.33 Å². The van der Waals surface area contributed by atoms with Crippen LogP contribution in [0.3, 0.4) is 0 Å². The van der Waals surface area contributed by atoms with Gasteiger partial charge in [-0.2, -0.15) is 0 Å². The summed E-state index contributed by atoms with van der Waals surface area (Å²) < 4.78 is 0.729. The molecule has 0 aliphatic carbocycles.